The van der Waals surface area contributed by atoms with Crippen molar-refractivity contribution in [3.05, 3.63) is 35.9 Å². The van der Waals surface area contributed by atoms with Gasteiger partial charge in [0, 0.05) is 0 Å². The molecule has 8 saturated carbocycles. The van der Waals surface area contributed by atoms with Gasteiger partial charge in [0.2, 0.25) is 0 Å². The minimum atomic E-state index is -0.444. The number of carbonyl (C=O) groups is 1. The summed E-state index contributed by atoms with van der Waals surface area (Å²) >= 11 is 0. The maximum atomic E-state index is 12.8. The highest BCUT2D eigenvalue weighted by molar-refractivity contribution is 5.89. The molecular formula is C70H124O5. The zero-order chi connectivity index (χ0) is 52.5. The first-order chi connectivity index (χ1) is 33.5. The molecule has 0 aliphatic heterocycles. The Kier molecular flexibility index (Phi) is 20.6. The van der Waals surface area contributed by atoms with Gasteiger partial charge in [-0.2, -0.15) is 0 Å². The number of hydrogen-bond donors (Lipinski definition) is 3. The first-order valence-corrected chi connectivity index (χ1v) is 30.9. The van der Waals surface area contributed by atoms with Gasteiger partial charge in [0.1, 0.15) is 6.10 Å². The van der Waals surface area contributed by atoms with Crippen LogP contribution < -0.4 is 0 Å². The molecule has 9 rings (SSSR count). The molecule has 0 unspecified atom stereocenters. The standard InChI is InChI=1S/C37H58O3.C30H54O2.3CH4/c1-25(12-11-15-32(34(2,3)4)40-33(38)26-13-9-8-10-14-26)29-18-19-30-28-17-16-27-24-35(5,39)22-23-36(27,6)31(28)20-21-37(29,30)7;1-20(9-8-10-26(31)27(2,3)4)23-13-14-24-22-12-11-21-19-28(5,32)17-18-29(21,6)25(22)15-16-30(23,24)7;;;/h8-10,13-14,25,27-32,39H,11-12,15-24H2,1-7H3;20-26,31-32H,8-19H2,1-7H3;3*1H4/t25-,27+,28+,29-,30+,31+,32-,35+,36+,37-;20-,21+,22+,23-,24+,25+,26-,28+,29+,30-;;;/m11.../s1. The van der Waals surface area contributed by atoms with Crippen LogP contribution in [-0.2, 0) is 4.74 Å². The zero-order valence-corrected chi connectivity index (χ0v) is 49.1. The Morgan fingerprint density at radius 3 is 1.36 bits per heavy atom. The molecule has 0 radical (unpaired) electrons. The SMILES string of the molecule is C.C.C.C[C@H](CCC[C@@H](O)C(C)(C)C)[C@H]1CC[C@H]2[C@@H]3CC[C@H]4C[C@@](C)(O)CC[C@]4(C)[C@H]3CC[C@]12C.C[C@H](CCC[C@@H](OC(=O)c1ccccc1)C(C)(C)C)[C@H]1CC[C@H]2[C@@H]3CC[C@H]4C[C@@](C)(O)CC[C@]4(C)[C@H]3CC[C@]12C. The zero-order valence-electron chi connectivity index (χ0n) is 49.1. The highest BCUT2D eigenvalue weighted by atomic mass is 16.5. The summed E-state index contributed by atoms with van der Waals surface area (Å²) in [5, 5.41) is 32.0. The molecule has 8 aliphatic rings. The summed E-state index contributed by atoms with van der Waals surface area (Å²) in [6.45, 7) is 32.8. The highest BCUT2D eigenvalue weighted by Gasteiger charge is 2.63. The summed E-state index contributed by atoms with van der Waals surface area (Å²) in [5.74, 6) is 9.83. The average molecular weight is 1050 g/mol. The molecule has 1 aromatic rings. The fourth-order valence-corrected chi connectivity index (χ4v) is 20.3. The minimum Gasteiger partial charge on any atom is -0.458 e. The highest BCUT2D eigenvalue weighted by Crippen LogP contribution is 2.71. The van der Waals surface area contributed by atoms with Crippen molar-refractivity contribution in [2.75, 3.05) is 0 Å². The van der Waals surface area contributed by atoms with Crippen molar-refractivity contribution in [3.8, 4) is 0 Å². The summed E-state index contributed by atoms with van der Waals surface area (Å²) in [5.41, 5.74) is 1.64. The molecule has 0 spiro atoms. The molecular weight excluding hydrogens is 921 g/mol. The first kappa shape index (κ1) is 64.4. The summed E-state index contributed by atoms with van der Waals surface area (Å²) < 4.78 is 6.08. The minimum absolute atomic E-state index is 0. The summed E-state index contributed by atoms with van der Waals surface area (Å²) in [6, 6.07) is 9.44. The Hall–Kier alpha value is -1.43. The van der Waals surface area contributed by atoms with Crippen LogP contribution in [0.5, 0.6) is 0 Å². The number of rotatable bonds is 12. The molecule has 3 N–H and O–H groups in total. The first-order valence-electron chi connectivity index (χ1n) is 30.9. The van der Waals surface area contributed by atoms with E-state index in [1.165, 1.54) is 109 Å². The predicted molar refractivity (Wildman–Crippen MR) is 318 cm³/mol. The Labute approximate surface area is 464 Å². The molecule has 8 aliphatic carbocycles. The number of ether oxygens (including phenoxy) is 1. The van der Waals surface area contributed by atoms with Gasteiger partial charge in [-0.25, -0.2) is 4.79 Å². The van der Waals surface area contributed by atoms with Crippen LogP contribution in [0.3, 0.4) is 0 Å². The number of benzene rings is 1. The second-order valence-corrected chi connectivity index (χ2v) is 31.5. The Morgan fingerprint density at radius 1 is 0.533 bits per heavy atom. The maximum absolute atomic E-state index is 12.8. The Balaban J connectivity index is 0.000000273. The lowest BCUT2D eigenvalue weighted by Crippen LogP contribution is -2.55. The van der Waals surface area contributed by atoms with Gasteiger partial charge in [0.05, 0.1) is 22.9 Å². The number of aliphatic hydroxyl groups excluding tert-OH is 1. The smallest absolute Gasteiger partial charge is 0.338 e. The lowest BCUT2D eigenvalue weighted by Gasteiger charge is -2.62. The molecule has 0 saturated heterocycles. The van der Waals surface area contributed by atoms with E-state index in [4.69, 9.17) is 4.74 Å². The third kappa shape index (κ3) is 13.0. The molecule has 5 heteroatoms. The van der Waals surface area contributed by atoms with Crippen LogP contribution in [0.2, 0.25) is 0 Å². The normalized spacial score (nSPS) is 42.5. The van der Waals surface area contributed by atoms with Crippen LogP contribution in [0.4, 0.5) is 0 Å². The van der Waals surface area contributed by atoms with E-state index in [2.05, 4.69) is 96.9 Å². The second kappa shape index (κ2) is 24.0. The van der Waals surface area contributed by atoms with Crippen LogP contribution in [0.1, 0.15) is 284 Å². The van der Waals surface area contributed by atoms with Gasteiger partial charge < -0.3 is 20.1 Å². The molecule has 0 amide bonds. The molecule has 434 valence electrons. The van der Waals surface area contributed by atoms with E-state index in [9.17, 15) is 20.1 Å². The van der Waals surface area contributed by atoms with E-state index in [1.54, 1.807) is 0 Å². The van der Waals surface area contributed by atoms with Gasteiger partial charge in [0.15, 0.2) is 0 Å². The monoisotopic (exact) mass is 1040 g/mol. The van der Waals surface area contributed by atoms with E-state index in [0.29, 0.717) is 39.1 Å². The molecule has 20 atom stereocenters. The lowest BCUT2D eigenvalue weighted by molar-refractivity contribution is -0.148. The van der Waals surface area contributed by atoms with Crippen molar-refractivity contribution < 1.29 is 24.9 Å². The van der Waals surface area contributed by atoms with Gasteiger partial charge in [-0.1, -0.05) is 143 Å². The molecule has 75 heavy (non-hydrogen) atoms. The molecule has 0 bridgehead atoms. The molecule has 0 heterocycles. The average Bonchev–Trinajstić information content (AvgIpc) is 3.85. The third-order valence-electron chi connectivity index (χ3n) is 24.9. The van der Waals surface area contributed by atoms with Gasteiger partial charge in [-0.15, -0.1) is 0 Å². The molecule has 8 fully saturated rings. The van der Waals surface area contributed by atoms with E-state index < -0.39 is 11.2 Å². The van der Waals surface area contributed by atoms with Crippen LogP contribution in [-0.4, -0.2) is 44.7 Å². The lowest BCUT2D eigenvalue weighted by atomic mass is 9.43. The van der Waals surface area contributed by atoms with Crippen molar-refractivity contribution in [3.63, 3.8) is 0 Å². The quantitative estimate of drug-likeness (QED) is 0.182. The van der Waals surface area contributed by atoms with E-state index >= 15 is 0 Å². The molecule has 1 aromatic carbocycles. The number of hydrogen-bond acceptors (Lipinski definition) is 5. The van der Waals surface area contributed by atoms with Crippen LogP contribution >= 0.6 is 0 Å². The van der Waals surface area contributed by atoms with Crippen LogP contribution in [0, 0.1) is 104 Å². The van der Waals surface area contributed by atoms with Crippen LogP contribution in [0.25, 0.3) is 0 Å². The van der Waals surface area contributed by atoms with E-state index in [-0.39, 0.29) is 51.3 Å². The number of aliphatic hydroxyl groups is 3. The fourth-order valence-electron chi connectivity index (χ4n) is 20.3. The largest absolute Gasteiger partial charge is 0.458 e. The van der Waals surface area contributed by atoms with Crippen molar-refractivity contribution in [1.29, 1.82) is 0 Å². The van der Waals surface area contributed by atoms with Crippen molar-refractivity contribution >= 4 is 5.97 Å². The topological polar surface area (TPSA) is 87.0 Å². The third-order valence-corrected chi connectivity index (χ3v) is 24.9. The molecule has 0 aromatic heterocycles. The van der Waals surface area contributed by atoms with Crippen LogP contribution in [0.15, 0.2) is 30.3 Å². The molecule has 5 nitrogen and oxygen atoms in total. The van der Waals surface area contributed by atoms with Crippen molar-refractivity contribution in [2.45, 2.75) is 297 Å². The fraction of sp³-hybridized carbons (Fsp3) is 0.900. The van der Waals surface area contributed by atoms with Gasteiger partial charge >= 0.3 is 5.97 Å². The number of carbonyl (C=O) groups excluding carboxylic acids is 1. The van der Waals surface area contributed by atoms with E-state index in [0.717, 1.165) is 104 Å². The Morgan fingerprint density at radius 2 is 0.947 bits per heavy atom. The summed E-state index contributed by atoms with van der Waals surface area (Å²) in [7, 11) is 0. The van der Waals surface area contributed by atoms with Gasteiger partial charge in [-0.3, -0.25) is 0 Å². The summed E-state index contributed by atoms with van der Waals surface area (Å²) in [4.78, 5) is 12.8. The Bertz CT molecular complexity index is 1960. The van der Waals surface area contributed by atoms with Crippen molar-refractivity contribution in [2.24, 2.45) is 104 Å². The van der Waals surface area contributed by atoms with E-state index in [1.807, 2.05) is 30.3 Å². The number of fused-ring (bicyclic) bond motifs is 10. The number of esters is 1. The van der Waals surface area contributed by atoms with Gasteiger partial charge in [-0.05, 0) is 264 Å². The second-order valence-electron chi connectivity index (χ2n) is 31.5. The predicted octanol–water partition coefficient (Wildman–Crippen LogP) is 19.0. The van der Waals surface area contributed by atoms with Gasteiger partial charge in [0.25, 0.3) is 0 Å². The maximum Gasteiger partial charge on any atom is 0.338 e. The van der Waals surface area contributed by atoms with Crippen molar-refractivity contribution in [1.82, 2.24) is 0 Å². The summed E-state index contributed by atoms with van der Waals surface area (Å²) in [6.07, 6.45) is 29.8.